The Morgan fingerprint density at radius 1 is 1.00 bits per heavy atom. The number of aryl methyl sites for hydroxylation is 2. The van der Waals surface area contributed by atoms with Gasteiger partial charge in [0.05, 0.1) is 4.70 Å². The molecule has 1 heterocycles. The fraction of sp³-hybridized carbons (Fsp3) is 0.105. The summed E-state index contributed by atoms with van der Waals surface area (Å²) < 4.78 is 6.13. The van der Waals surface area contributed by atoms with Gasteiger partial charge in [-0.15, -0.1) is 0 Å². The van der Waals surface area contributed by atoms with Crippen LogP contribution in [0.1, 0.15) is 11.1 Å². The van der Waals surface area contributed by atoms with Gasteiger partial charge in [0.25, 0.3) is 0 Å². The first-order chi connectivity index (χ1) is 11.1. The molecule has 0 bridgehead atoms. The molecule has 1 N–H and O–H groups in total. The van der Waals surface area contributed by atoms with Gasteiger partial charge in [0.2, 0.25) is 0 Å². The van der Waals surface area contributed by atoms with Gasteiger partial charge in [-0.1, -0.05) is 41.7 Å². The molecule has 23 heavy (non-hydrogen) atoms. The lowest BCUT2D eigenvalue weighted by atomic mass is 9.96. The summed E-state index contributed by atoms with van der Waals surface area (Å²) in [6.07, 6.45) is 0. The topological polar surface area (TPSA) is 50.4 Å². The van der Waals surface area contributed by atoms with Gasteiger partial charge >= 0.3 is 4.94 Å². The van der Waals surface area contributed by atoms with Crippen molar-refractivity contribution in [3.05, 3.63) is 63.3 Å². The highest BCUT2D eigenvalue weighted by molar-refractivity contribution is 7.17. The molecule has 0 saturated heterocycles. The van der Waals surface area contributed by atoms with E-state index in [-0.39, 0.29) is 10.7 Å². The van der Waals surface area contributed by atoms with Crippen LogP contribution in [0.25, 0.3) is 32.2 Å². The highest BCUT2D eigenvalue weighted by atomic mass is 32.1. The van der Waals surface area contributed by atoms with E-state index in [1.165, 1.54) is 0 Å². The number of phenolic OH excluding ortho intramolecular Hbond substituents is 1. The highest BCUT2D eigenvalue weighted by Gasteiger charge is 2.20. The molecule has 4 rings (SSSR count). The van der Waals surface area contributed by atoms with Crippen molar-refractivity contribution in [2.75, 3.05) is 0 Å². The van der Waals surface area contributed by atoms with E-state index in [1.807, 2.05) is 56.3 Å². The summed E-state index contributed by atoms with van der Waals surface area (Å²) >= 11 is 1.03. The summed E-state index contributed by atoms with van der Waals surface area (Å²) in [5, 5.41) is 12.4. The molecule has 0 aliphatic heterocycles. The van der Waals surface area contributed by atoms with E-state index in [4.69, 9.17) is 4.42 Å². The van der Waals surface area contributed by atoms with Crippen LogP contribution in [0.5, 0.6) is 5.75 Å². The molecule has 0 radical (unpaired) electrons. The Bertz CT molecular complexity index is 1100. The predicted molar refractivity (Wildman–Crippen MR) is 94.4 cm³/mol. The van der Waals surface area contributed by atoms with Gasteiger partial charge in [0.15, 0.2) is 5.58 Å². The van der Waals surface area contributed by atoms with Gasteiger partial charge < -0.3 is 9.52 Å². The van der Waals surface area contributed by atoms with Crippen LogP contribution in [0.3, 0.4) is 0 Å². The van der Waals surface area contributed by atoms with Crippen LogP contribution >= 0.6 is 11.3 Å². The number of fused-ring (bicyclic) bond motifs is 3. The van der Waals surface area contributed by atoms with Crippen molar-refractivity contribution >= 4 is 32.4 Å². The smallest absolute Gasteiger partial charge is 0.396 e. The standard InChI is InChI=1S/C19H14O3S/c1-10-8-13-14(9-11(10)2)17-18(23-19(21)22-17)15(16(13)20)12-6-4-3-5-7-12/h3-9,20H,1-2H3. The molecular formula is C19H14O3S. The number of aromatic hydroxyl groups is 1. The number of hydrogen-bond donors (Lipinski definition) is 1. The normalized spacial score (nSPS) is 11.4. The van der Waals surface area contributed by atoms with Crippen molar-refractivity contribution in [1.82, 2.24) is 0 Å². The molecule has 3 aromatic carbocycles. The summed E-state index contributed by atoms with van der Waals surface area (Å²) in [7, 11) is 0. The van der Waals surface area contributed by atoms with Crippen LogP contribution in [0, 0.1) is 13.8 Å². The molecule has 1 aromatic heterocycles. The van der Waals surface area contributed by atoms with Crippen LogP contribution in [-0.4, -0.2) is 5.11 Å². The molecule has 4 aromatic rings. The van der Waals surface area contributed by atoms with Crippen molar-refractivity contribution in [3.63, 3.8) is 0 Å². The Hall–Kier alpha value is -2.59. The maximum Gasteiger partial charge on any atom is 0.396 e. The maximum absolute atomic E-state index is 11.8. The van der Waals surface area contributed by atoms with E-state index in [9.17, 15) is 9.90 Å². The molecule has 0 aliphatic rings. The molecule has 114 valence electrons. The fourth-order valence-electron chi connectivity index (χ4n) is 2.94. The second kappa shape index (κ2) is 4.96. The van der Waals surface area contributed by atoms with E-state index in [0.29, 0.717) is 21.2 Å². The lowest BCUT2D eigenvalue weighted by Crippen LogP contribution is -1.87. The number of hydrogen-bond acceptors (Lipinski definition) is 4. The third kappa shape index (κ3) is 2.06. The third-order valence-electron chi connectivity index (χ3n) is 4.24. The quantitative estimate of drug-likeness (QED) is 0.536. The molecular weight excluding hydrogens is 308 g/mol. The van der Waals surface area contributed by atoms with E-state index < -0.39 is 0 Å². The van der Waals surface area contributed by atoms with Crippen molar-refractivity contribution in [2.24, 2.45) is 0 Å². The largest absolute Gasteiger partial charge is 0.507 e. The number of phenols is 1. The SMILES string of the molecule is Cc1cc2c(O)c(-c3ccccc3)c3sc(=O)oc3c2cc1C. The Kier molecular flexibility index (Phi) is 3.03. The van der Waals surface area contributed by atoms with Gasteiger partial charge in [-0.3, -0.25) is 0 Å². The number of benzene rings is 3. The summed E-state index contributed by atoms with van der Waals surface area (Å²) in [4.78, 5) is 11.5. The van der Waals surface area contributed by atoms with Crippen molar-refractivity contribution in [1.29, 1.82) is 0 Å². The summed E-state index contributed by atoms with van der Waals surface area (Å²) in [6.45, 7) is 4.01. The Morgan fingerprint density at radius 2 is 1.65 bits per heavy atom. The first kappa shape index (κ1) is 14.0. The monoisotopic (exact) mass is 322 g/mol. The van der Waals surface area contributed by atoms with Crippen LogP contribution in [-0.2, 0) is 0 Å². The maximum atomic E-state index is 11.8. The Morgan fingerprint density at radius 3 is 2.35 bits per heavy atom. The zero-order valence-corrected chi connectivity index (χ0v) is 13.5. The zero-order chi connectivity index (χ0) is 16.1. The van der Waals surface area contributed by atoms with Gasteiger partial charge in [-0.05, 0) is 42.7 Å². The summed E-state index contributed by atoms with van der Waals surface area (Å²) in [6, 6.07) is 13.5. The summed E-state index contributed by atoms with van der Waals surface area (Å²) in [5.41, 5.74) is 4.26. The third-order valence-corrected chi connectivity index (χ3v) is 5.08. The molecule has 0 spiro atoms. The van der Waals surface area contributed by atoms with Gasteiger partial charge in [0.1, 0.15) is 5.75 Å². The van der Waals surface area contributed by atoms with Gasteiger partial charge in [-0.2, -0.15) is 0 Å². The average Bonchev–Trinajstić information content (AvgIpc) is 2.92. The highest BCUT2D eigenvalue weighted by Crippen LogP contribution is 2.44. The fourth-order valence-corrected chi connectivity index (χ4v) is 3.79. The molecule has 0 saturated carbocycles. The Labute approximate surface area is 136 Å². The zero-order valence-electron chi connectivity index (χ0n) is 12.7. The van der Waals surface area contributed by atoms with Crippen LogP contribution in [0.15, 0.2) is 51.7 Å². The van der Waals surface area contributed by atoms with E-state index in [1.54, 1.807) is 0 Å². The minimum Gasteiger partial charge on any atom is -0.507 e. The predicted octanol–water partition coefficient (Wildman–Crippen LogP) is 5.00. The molecule has 0 amide bonds. The van der Waals surface area contributed by atoms with Crippen molar-refractivity contribution < 1.29 is 9.52 Å². The average molecular weight is 322 g/mol. The minimum atomic E-state index is -0.359. The molecule has 0 fully saturated rings. The van der Waals surface area contributed by atoms with Crippen LogP contribution in [0.2, 0.25) is 0 Å². The lowest BCUT2D eigenvalue weighted by Gasteiger charge is -2.11. The van der Waals surface area contributed by atoms with Gasteiger partial charge in [-0.25, -0.2) is 4.79 Å². The minimum absolute atomic E-state index is 0.193. The number of rotatable bonds is 1. The first-order valence-electron chi connectivity index (χ1n) is 7.31. The molecule has 0 unspecified atom stereocenters. The Balaban J connectivity index is 2.27. The van der Waals surface area contributed by atoms with Gasteiger partial charge in [0, 0.05) is 16.3 Å². The summed E-state index contributed by atoms with van der Waals surface area (Å²) in [5.74, 6) is 0.193. The lowest BCUT2D eigenvalue weighted by molar-refractivity contribution is 0.484. The van der Waals surface area contributed by atoms with Crippen LogP contribution in [0.4, 0.5) is 0 Å². The molecule has 3 nitrogen and oxygen atoms in total. The second-order valence-corrected chi connectivity index (χ2v) is 6.63. The molecule has 4 heteroatoms. The first-order valence-corrected chi connectivity index (χ1v) is 8.13. The van der Waals surface area contributed by atoms with E-state index >= 15 is 0 Å². The molecule has 0 aliphatic carbocycles. The van der Waals surface area contributed by atoms with Crippen molar-refractivity contribution in [2.45, 2.75) is 13.8 Å². The second-order valence-electron chi connectivity index (χ2n) is 5.68. The van der Waals surface area contributed by atoms with Crippen molar-refractivity contribution in [3.8, 4) is 16.9 Å². The van der Waals surface area contributed by atoms with E-state index in [0.717, 1.165) is 33.4 Å². The van der Waals surface area contributed by atoms with Crippen LogP contribution < -0.4 is 4.94 Å². The van der Waals surface area contributed by atoms with E-state index in [2.05, 4.69) is 0 Å². The molecule has 0 atom stereocenters.